The number of alkyl halides is 3. The summed E-state index contributed by atoms with van der Waals surface area (Å²) in [7, 11) is 0. The molecule has 2 aromatic rings. The molecule has 0 fully saturated rings. The van der Waals surface area contributed by atoms with E-state index in [9.17, 15) is 18.0 Å². The molecule has 0 aliphatic rings. The Morgan fingerprint density at radius 1 is 1.33 bits per heavy atom. The zero-order valence-corrected chi connectivity index (χ0v) is 9.40. The summed E-state index contributed by atoms with van der Waals surface area (Å²) in [4.78, 5) is 10.4. The van der Waals surface area contributed by atoms with Crippen molar-refractivity contribution in [2.45, 2.75) is 6.18 Å². The third-order valence-electron chi connectivity index (χ3n) is 2.15. The quantitative estimate of drug-likeness (QED) is 0.792. The Kier molecular flexibility index (Phi) is 3.08. The molecule has 0 amide bonds. The van der Waals surface area contributed by atoms with Crippen LogP contribution < -0.4 is 0 Å². The second-order valence-electron chi connectivity index (χ2n) is 3.37. The van der Waals surface area contributed by atoms with E-state index in [4.69, 9.17) is 11.6 Å². The van der Waals surface area contributed by atoms with E-state index in [2.05, 4.69) is 10.3 Å². The SMILES string of the molecule is O=Cc1cn(-c2ccc(Cl)c(C(F)(F)F)c2)nn1. The Bertz CT molecular complexity index is 594. The summed E-state index contributed by atoms with van der Waals surface area (Å²) < 4.78 is 39.0. The highest BCUT2D eigenvalue weighted by atomic mass is 35.5. The Morgan fingerprint density at radius 3 is 2.61 bits per heavy atom. The number of carbonyl (C=O) groups is 1. The zero-order valence-electron chi connectivity index (χ0n) is 8.65. The summed E-state index contributed by atoms with van der Waals surface area (Å²) in [6.07, 6.45) is -2.89. The van der Waals surface area contributed by atoms with Gasteiger partial charge < -0.3 is 0 Å². The van der Waals surface area contributed by atoms with E-state index < -0.39 is 16.8 Å². The number of rotatable bonds is 2. The van der Waals surface area contributed by atoms with Gasteiger partial charge in [0.15, 0.2) is 6.29 Å². The number of nitrogens with zero attached hydrogens (tertiary/aromatic N) is 3. The van der Waals surface area contributed by atoms with Gasteiger partial charge >= 0.3 is 6.18 Å². The number of hydrogen-bond donors (Lipinski definition) is 0. The minimum Gasteiger partial charge on any atom is -0.296 e. The highest BCUT2D eigenvalue weighted by Gasteiger charge is 2.33. The van der Waals surface area contributed by atoms with Crippen LogP contribution in [0.1, 0.15) is 16.1 Å². The van der Waals surface area contributed by atoms with Gasteiger partial charge in [-0.05, 0) is 18.2 Å². The van der Waals surface area contributed by atoms with E-state index in [1.54, 1.807) is 0 Å². The fraction of sp³-hybridized carbons (Fsp3) is 0.100. The Balaban J connectivity index is 2.50. The van der Waals surface area contributed by atoms with Gasteiger partial charge in [0.2, 0.25) is 0 Å². The van der Waals surface area contributed by atoms with Crippen molar-refractivity contribution in [3.05, 3.63) is 40.7 Å². The van der Waals surface area contributed by atoms with Gasteiger partial charge in [-0.3, -0.25) is 4.79 Å². The fourth-order valence-electron chi connectivity index (χ4n) is 1.33. The lowest BCUT2D eigenvalue weighted by Crippen LogP contribution is -2.07. The molecule has 8 heteroatoms. The predicted octanol–water partition coefficient (Wildman–Crippen LogP) is 2.75. The summed E-state index contributed by atoms with van der Waals surface area (Å²) in [5, 5.41) is 6.59. The van der Waals surface area contributed by atoms with E-state index in [0.717, 1.165) is 16.8 Å². The summed E-state index contributed by atoms with van der Waals surface area (Å²) in [5.74, 6) is 0. The molecule has 94 valence electrons. The lowest BCUT2D eigenvalue weighted by molar-refractivity contribution is -0.137. The van der Waals surface area contributed by atoms with Crippen LogP contribution in [0, 0.1) is 0 Å². The first-order chi connectivity index (χ1) is 8.41. The highest BCUT2D eigenvalue weighted by molar-refractivity contribution is 6.31. The molecule has 0 saturated heterocycles. The molecule has 0 unspecified atom stereocenters. The van der Waals surface area contributed by atoms with E-state index in [1.165, 1.54) is 12.3 Å². The fourth-order valence-corrected chi connectivity index (χ4v) is 1.55. The molecule has 0 N–H and O–H groups in total. The molecule has 0 atom stereocenters. The highest BCUT2D eigenvalue weighted by Crippen LogP contribution is 2.35. The third-order valence-corrected chi connectivity index (χ3v) is 2.48. The molecule has 0 radical (unpaired) electrons. The number of aromatic nitrogens is 3. The number of halogens is 4. The monoisotopic (exact) mass is 275 g/mol. The molecular formula is C10H5ClF3N3O. The number of benzene rings is 1. The maximum Gasteiger partial charge on any atom is 0.417 e. The van der Waals surface area contributed by atoms with Gasteiger partial charge in [-0.25, -0.2) is 4.68 Å². The van der Waals surface area contributed by atoms with Crippen LogP contribution in [0.2, 0.25) is 5.02 Å². The number of hydrogen-bond acceptors (Lipinski definition) is 3. The zero-order chi connectivity index (χ0) is 13.3. The van der Waals surface area contributed by atoms with Crippen LogP contribution in [-0.4, -0.2) is 21.3 Å². The van der Waals surface area contributed by atoms with Gasteiger partial charge in [0, 0.05) is 0 Å². The maximum absolute atomic E-state index is 12.6. The van der Waals surface area contributed by atoms with E-state index in [1.807, 2.05) is 0 Å². The minimum atomic E-state index is -4.55. The largest absolute Gasteiger partial charge is 0.417 e. The van der Waals surface area contributed by atoms with Crippen molar-refractivity contribution in [2.75, 3.05) is 0 Å². The van der Waals surface area contributed by atoms with Crippen molar-refractivity contribution in [3.8, 4) is 5.69 Å². The van der Waals surface area contributed by atoms with Crippen molar-refractivity contribution in [1.82, 2.24) is 15.0 Å². The number of aldehydes is 1. The van der Waals surface area contributed by atoms with E-state index >= 15 is 0 Å². The standard InChI is InChI=1S/C10H5ClF3N3O/c11-9-2-1-7(3-8(9)10(12,13)14)17-4-6(5-18)15-16-17/h1-5H. The van der Waals surface area contributed by atoms with Crippen molar-refractivity contribution in [1.29, 1.82) is 0 Å². The Labute approximate surface area is 104 Å². The molecule has 1 heterocycles. The van der Waals surface area contributed by atoms with Gasteiger partial charge in [0.1, 0.15) is 5.69 Å². The Morgan fingerprint density at radius 2 is 2.06 bits per heavy atom. The average Bonchev–Trinajstić information content (AvgIpc) is 2.76. The van der Waals surface area contributed by atoms with Crippen LogP contribution in [-0.2, 0) is 6.18 Å². The second-order valence-corrected chi connectivity index (χ2v) is 3.77. The van der Waals surface area contributed by atoms with Crippen LogP contribution in [0.4, 0.5) is 13.2 Å². The van der Waals surface area contributed by atoms with Gasteiger partial charge in [-0.2, -0.15) is 13.2 Å². The third kappa shape index (κ3) is 2.35. The molecule has 2 rings (SSSR count). The molecule has 4 nitrogen and oxygen atoms in total. The first-order valence-electron chi connectivity index (χ1n) is 4.66. The van der Waals surface area contributed by atoms with Crippen LogP contribution in [0.15, 0.2) is 24.4 Å². The lowest BCUT2D eigenvalue weighted by atomic mass is 10.2. The summed E-state index contributed by atoms with van der Waals surface area (Å²) in [5.41, 5.74) is -0.823. The molecule has 0 bridgehead atoms. The molecule has 0 aliphatic heterocycles. The first kappa shape index (κ1) is 12.6. The van der Waals surface area contributed by atoms with Gasteiger partial charge in [0.05, 0.1) is 22.5 Å². The second kappa shape index (κ2) is 4.41. The minimum absolute atomic E-state index is 0.0264. The van der Waals surface area contributed by atoms with Crippen LogP contribution in [0.5, 0.6) is 0 Å². The van der Waals surface area contributed by atoms with Gasteiger partial charge in [-0.15, -0.1) is 5.10 Å². The predicted molar refractivity (Wildman–Crippen MR) is 56.8 cm³/mol. The average molecular weight is 276 g/mol. The van der Waals surface area contributed by atoms with E-state index in [-0.39, 0.29) is 11.4 Å². The first-order valence-corrected chi connectivity index (χ1v) is 5.04. The normalized spacial score (nSPS) is 11.6. The van der Waals surface area contributed by atoms with E-state index in [0.29, 0.717) is 6.29 Å². The van der Waals surface area contributed by atoms with Crippen molar-refractivity contribution in [3.63, 3.8) is 0 Å². The van der Waals surface area contributed by atoms with Crippen molar-refractivity contribution in [2.24, 2.45) is 0 Å². The number of carbonyl (C=O) groups excluding carboxylic acids is 1. The lowest BCUT2D eigenvalue weighted by Gasteiger charge is -2.10. The van der Waals surface area contributed by atoms with Crippen LogP contribution in [0.25, 0.3) is 5.69 Å². The molecule has 18 heavy (non-hydrogen) atoms. The van der Waals surface area contributed by atoms with Crippen molar-refractivity contribution >= 4 is 17.9 Å². The smallest absolute Gasteiger partial charge is 0.296 e. The topological polar surface area (TPSA) is 47.8 Å². The van der Waals surface area contributed by atoms with Gasteiger partial charge in [-0.1, -0.05) is 16.8 Å². The molecule has 0 spiro atoms. The molecule has 1 aromatic carbocycles. The summed E-state index contributed by atoms with van der Waals surface area (Å²) in [6.45, 7) is 0. The molecule has 0 saturated carbocycles. The molecular weight excluding hydrogens is 271 g/mol. The Hall–Kier alpha value is -1.89. The molecule has 1 aromatic heterocycles. The summed E-state index contributed by atoms with van der Waals surface area (Å²) in [6, 6.07) is 3.30. The van der Waals surface area contributed by atoms with Crippen molar-refractivity contribution < 1.29 is 18.0 Å². The maximum atomic E-state index is 12.6. The van der Waals surface area contributed by atoms with Gasteiger partial charge in [0.25, 0.3) is 0 Å². The van der Waals surface area contributed by atoms with Crippen LogP contribution in [0.3, 0.4) is 0 Å². The summed E-state index contributed by atoms with van der Waals surface area (Å²) >= 11 is 5.48. The molecule has 0 aliphatic carbocycles. The van der Waals surface area contributed by atoms with Crippen LogP contribution >= 0.6 is 11.6 Å².